The normalized spacial score (nSPS) is 10.8. The number of aromatic nitrogens is 2. The third-order valence-electron chi connectivity index (χ3n) is 3.61. The van der Waals surface area contributed by atoms with E-state index in [1.807, 2.05) is 7.05 Å². The van der Waals surface area contributed by atoms with E-state index in [1.54, 1.807) is 6.33 Å². The number of hydrogen-bond acceptors (Lipinski definition) is 4. The molecule has 1 aromatic rings. The lowest BCUT2D eigenvalue weighted by Crippen LogP contribution is -2.30. The topological polar surface area (TPSA) is 41.1 Å². The molecule has 18 heavy (non-hydrogen) atoms. The van der Waals surface area contributed by atoms with Crippen LogP contribution >= 0.6 is 0 Å². The van der Waals surface area contributed by atoms with Crippen LogP contribution in [0.15, 0.2) is 6.33 Å². The van der Waals surface area contributed by atoms with Gasteiger partial charge in [-0.15, -0.1) is 0 Å². The van der Waals surface area contributed by atoms with Gasteiger partial charge < -0.3 is 10.2 Å². The standard InChI is InChI=1S/C14H26N4/c1-6-12(7-2)9-18(8-3)14-11(4)13(15-5)16-10-17-14/h10,12H,6-9H2,1-5H3,(H,15,16,17). The third kappa shape index (κ3) is 3.34. The van der Waals surface area contributed by atoms with E-state index in [-0.39, 0.29) is 0 Å². The minimum absolute atomic E-state index is 0.734. The Morgan fingerprint density at radius 2 is 1.89 bits per heavy atom. The van der Waals surface area contributed by atoms with Crippen molar-refractivity contribution in [1.29, 1.82) is 0 Å². The van der Waals surface area contributed by atoms with Crippen LogP contribution in [0.2, 0.25) is 0 Å². The van der Waals surface area contributed by atoms with Gasteiger partial charge in [-0.25, -0.2) is 9.97 Å². The van der Waals surface area contributed by atoms with Gasteiger partial charge in [-0.1, -0.05) is 26.7 Å². The van der Waals surface area contributed by atoms with Gasteiger partial charge in [-0.2, -0.15) is 0 Å². The highest BCUT2D eigenvalue weighted by Gasteiger charge is 2.15. The van der Waals surface area contributed by atoms with Gasteiger partial charge >= 0.3 is 0 Å². The SMILES string of the molecule is CCC(CC)CN(CC)c1ncnc(NC)c1C. The molecule has 0 amide bonds. The van der Waals surface area contributed by atoms with Crippen molar-refractivity contribution in [2.45, 2.75) is 40.5 Å². The Morgan fingerprint density at radius 1 is 1.22 bits per heavy atom. The summed E-state index contributed by atoms with van der Waals surface area (Å²) < 4.78 is 0. The molecule has 102 valence electrons. The lowest BCUT2D eigenvalue weighted by Gasteiger charge is -2.28. The molecule has 0 aliphatic carbocycles. The molecular formula is C14H26N4. The minimum atomic E-state index is 0.734. The Hall–Kier alpha value is -1.32. The molecule has 0 saturated carbocycles. The van der Waals surface area contributed by atoms with Gasteiger partial charge in [0.2, 0.25) is 0 Å². The predicted octanol–water partition coefficient (Wildman–Crippen LogP) is 3.09. The molecule has 0 aromatic carbocycles. The highest BCUT2D eigenvalue weighted by molar-refractivity contribution is 5.57. The zero-order valence-corrected chi connectivity index (χ0v) is 12.3. The van der Waals surface area contributed by atoms with Crippen molar-refractivity contribution in [3.05, 3.63) is 11.9 Å². The molecule has 0 fully saturated rings. The average Bonchev–Trinajstić information content (AvgIpc) is 2.41. The van der Waals surface area contributed by atoms with Gasteiger partial charge in [0.25, 0.3) is 0 Å². The van der Waals surface area contributed by atoms with E-state index in [0.717, 1.165) is 36.2 Å². The Balaban J connectivity index is 2.94. The van der Waals surface area contributed by atoms with E-state index in [0.29, 0.717) is 0 Å². The fourth-order valence-electron chi connectivity index (χ4n) is 2.24. The van der Waals surface area contributed by atoms with Crippen LogP contribution in [0.3, 0.4) is 0 Å². The Labute approximate surface area is 111 Å². The first-order valence-electron chi connectivity index (χ1n) is 6.92. The van der Waals surface area contributed by atoms with E-state index in [4.69, 9.17) is 0 Å². The van der Waals surface area contributed by atoms with Crippen molar-refractivity contribution in [2.75, 3.05) is 30.4 Å². The second-order valence-electron chi connectivity index (χ2n) is 4.64. The Bertz CT molecular complexity index is 361. The van der Waals surface area contributed by atoms with Crippen LogP contribution < -0.4 is 10.2 Å². The Kier molecular flexibility index (Phi) is 5.89. The molecule has 0 saturated heterocycles. The molecular weight excluding hydrogens is 224 g/mol. The summed E-state index contributed by atoms with van der Waals surface area (Å²) in [5, 5.41) is 3.12. The summed E-state index contributed by atoms with van der Waals surface area (Å²) in [6.07, 6.45) is 4.08. The lowest BCUT2D eigenvalue weighted by molar-refractivity contribution is 0.484. The molecule has 1 N–H and O–H groups in total. The van der Waals surface area contributed by atoms with E-state index in [9.17, 15) is 0 Å². The number of nitrogens with one attached hydrogen (secondary N) is 1. The molecule has 1 aromatic heterocycles. The van der Waals surface area contributed by atoms with Crippen LogP contribution in [-0.4, -0.2) is 30.1 Å². The van der Waals surface area contributed by atoms with E-state index in [1.165, 1.54) is 12.8 Å². The van der Waals surface area contributed by atoms with Crippen molar-refractivity contribution < 1.29 is 0 Å². The summed E-state index contributed by atoms with van der Waals surface area (Å²) in [5.41, 5.74) is 1.13. The lowest BCUT2D eigenvalue weighted by atomic mass is 10.0. The van der Waals surface area contributed by atoms with Crippen LogP contribution in [0.25, 0.3) is 0 Å². The van der Waals surface area contributed by atoms with Crippen LogP contribution in [0.4, 0.5) is 11.6 Å². The summed E-state index contributed by atoms with van der Waals surface area (Å²) >= 11 is 0. The quantitative estimate of drug-likeness (QED) is 0.807. The summed E-state index contributed by atoms with van der Waals surface area (Å²) in [6, 6.07) is 0. The van der Waals surface area contributed by atoms with Gasteiger partial charge in [-0.3, -0.25) is 0 Å². The maximum Gasteiger partial charge on any atom is 0.137 e. The maximum atomic E-state index is 4.45. The largest absolute Gasteiger partial charge is 0.373 e. The fraction of sp³-hybridized carbons (Fsp3) is 0.714. The highest BCUT2D eigenvalue weighted by atomic mass is 15.2. The van der Waals surface area contributed by atoms with Gasteiger partial charge in [0.05, 0.1) is 0 Å². The zero-order valence-electron chi connectivity index (χ0n) is 12.3. The minimum Gasteiger partial charge on any atom is -0.373 e. The van der Waals surface area contributed by atoms with E-state index >= 15 is 0 Å². The second-order valence-corrected chi connectivity index (χ2v) is 4.64. The smallest absolute Gasteiger partial charge is 0.137 e. The molecule has 0 atom stereocenters. The number of nitrogens with zero attached hydrogens (tertiary/aromatic N) is 3. The van der Waals surface area contributed by atoms with Crippen molar-refractivity contribution in [3.63, 3.8) is 0 Å². The van der Waals surface area contributed by atoms with E-state index < -0.39 is 0 Å². The Morgan fingerprint density at radius 3 is 2.39 bits per heavy atom. The summed E-state index contributed by atoms with van der Waals surface area (Å²) in [6.45, 7) is 10.8. The fourth-order valence-corrected chi connectivity index (χ4v) is 2.24. The number of rotatable bonds is 7. The first-order valence-corrected chi connectivity index (χ1v) is 6.92. The molecule has 0 aliphatic heterocycles. The second kappa shape index (κ2) is 7.19. The molecule has 4 heteroatoms. The monoisotopic (exact) mass is 250 g/mol. The number of hydrogen-bond donors (Lipinski definition) is 1. The van der Waals surface area contributed by atoms with Crippen LogP contribution in [0.5, 0.6) is 0 Å². The van der Waals surface area contributed by atoms with Crippen molar-refractivity contribution in [2.24, 2.45) is 5.92 Å². The molecule has 1 heterocycles. The summed E-state index contributed by atoms with van der Waals surface area (Å²) in [5.74, 6) is 2.71. The molecule has 0 bridgehead atoms. The van der Waals surface area contributed by atoms with Crippen LogP contribution in [0, 0.1) is 12.8 Å². The van der Waals surface area contributed by atoms with Crippen molar-refractivity contribution in [1.82, 2.24) is 9.97 Å². The zero-order chi connectivity index (χ0) is 13.5. The molecule has 0 spiro atoms. The molecule has 1 rings (SSSR count). The third-order valence-corrected chi connectivity index (χ3v) is 3.61. The molecule has 4 nitrogen and oxygen atoms in total. The van der Waals surface area contributed by atoms with Gasteiger partial charge in [-0.05, 0) is 19.8 Å². The highest BCUT2D eigenvalue weighted by Crippen LogP contribution is 2.23. The number of anilines is 2. The molecule has 0 radical (unpaired) electrons. The van der Waals surface area contributed by atoms with Gasteiger partial charge in [0, 0.05) is 25.7 Å². The van der Waals surface area contributed by atoms with Gasteiger partial charge in [0.1, 0.15) is 18.0 Å². The van der Waals surface area contributed by atoms with E-state index in [2.05, 4.69) is 47.9 Å². The van der Waals surface area contributed by atoms with Crippen molar-refractivity contribution in [3.8, 4) is 0 Å². The molecule has 0 unspecified atom stereocenters. The van der Waals surface area contributed by atoms with Crippen molar-refractivity contribution >= 4 is 11.6 Å². The molecule has 0 aliphatic rings. The first-order chi connectivity index (χ1) is 8.67. The van der Waals surface area contributed by atoms with Crippen LogP contribution in [-0.2, 0) is 0 Å². The first kappa shape index (κ1) is 14.7. The van der Waals surface area contributed by atoms with Gasteiger partial charge in [0.15, 0.2) is 0 Å². The summed E-state index contributed by atoms with van der Waals surface area (Å²) in [7, 11) is 1.90. The summed E-state index contributed by atoms with van der Waals surface area (Å²) in [4.78, 5) is 11.1. The average molecular weight is 250 g/mol. The maximum absolute atomic E-state index is 4.45. The van der Waals surface area contributed by atoms with Crippen LogP contribution in [0.1, 0.15) is 39.2 Å². The predicted molar refractivity (Wildman–Crippen MR) is 78.3 cm³/mol.